The highest BCUT2D eigenvalue weighted by molar-refractivity contribution is 5.69. The molecule has 0 heterocycles. The van der Waals surface area contributed by atoms with Crippen molar-refractivity contribution in [2.24, 2.45) is 0 Å². The maximum Gasteiger partial charge on any atom is 0.308 e. The molecule has 0 fully saturated rings. The van der Waals surface area contributed by atoms with Gasteiger partial charge in [0, 0.05) is 0 Å². The SMILES string of the molecule is CCOC(=O)CC(C)O[N+](=O)[O-]. The summed E-state index contributed by atoms with van der Waals surface area (Å²) in [6.45, 7) is 3.36. The molecule has 70 valence electrons. The number of carbonyl (C=O) groups is 1. The number of hydrogen-bond donors (Lipinski definition) is 0. The van der Waals surface area contributed by atoms with Crippen LogP contribution in [0.5, 0.6) is 0 Å². The molecule has 0 amide bonds. The summed E-state index contributed by atoms with van der Waals surface area (Å²) in [6.07, 6.45) is -0.853. The van der Waals surface area contributed by atoms with Crippen LogP contribution in [0.2, 0.25) is 0 Å². The van der Waals surface area contributed by atoms with Crippen LogP contribution in [0.4, 0.5) is 0 Å². The largest absolute Gasteiger partial charge is 0.466 e. The van der Waals surface area contributed by atoms with Crippen LogP contribution in [0.1, 0.15) is 20.3 Å². The van der Waals surface area contributed by atoms with E-state index in [0.717, 1.165) is 0 Å². The van der Waals surface area contributed by atoms with Gasteiger partial charge in [0.15, 0.2) is 0 Å². The quantitative estimate of drug-likeness (QED) is 0.348. The standard InChI is InChI=1S/C6H11NO5/c1-3-11-6(8)4-5(2)12-7(9)10/h5H,3-4H2,1-2H3. The van der Waals surface area contributed by atoms with Crippen molar-refractivity contribution in [3.05, 3.63) is 10.1 Å². The first-order valence-corrected chi connectivity index (χ1v) is 3.53. The number of hydrogen-bond acceptors (Lipinski definition) is 5. The van der Waals surface area contributed by atoms with Gasteiger partial charge in [-0.05, 0) is 13.8 Å². The molecule has 0 aliphatic rings. The van der Waals surface area contributed by atoms with Gasteiger partial charge in [-0.1, -0.05) is 0 Å². The second-order valence-corrected chi connectivity index (χ2v) is 2.15. The molecule has 0 aromatic heterocycles. The number of esters is 1. The molecule has 0 aliphatic heterocycles. The summed E-state index contributed by atoms with van der Waals surface area (Å²) in [5.74, 6) is -0.494. The molecular formula is C6H11NO5. The third kappa shape index (κ3) is 5.45. The zero-order valence-electron chi connectivity index (χ0n) is 6.98. The number of ether oxygens (including phenoxy) is 1. The first kappa shape index (κ1) is 10.7. The van der Waals surface area contributed by atoms with Gasteiger partial charge in [-0.2, -0.15) is 0 Å². The summed E-state index contributed by atoms with van der Waals surface area (Å²) < 4.78 is 4.55. The van der Waals surface area contributed by atoms with Crippen molar-refractivity contribution in [1.29, 1.82) is 0 Å². The molecule has 0 aromatic rings. The zero-order valence-corrected chi connectivity index (χ0v) is 6.98. The van der Waals surface area contributed by atoms with Gasteiger partial charge in [0.1, 0.15) is 6.10 Å². The lowest BCUT2D eigenvalue weighted by molar-refractivity contribution is -0.767. The Hall–Kier alpha value is -1.33. The van der Waals surface area contributed by atoms with Crippen LogP contribution in [-0.4, -0.2) is 23.8 Å². The molecule has 1 unspecified atom stereocenters. The minimum atomic E-state index is -0.927. The second-order valence-electron chi connectivity index (χ2n) is 2.15. The molecule has 1 atom stereocenters. The Balaban J connectivity index is 3.61. The van der Waals surface area contributed by atoms with E-state index < -0.39 is 17.2 Å². The predicted octanol–water partition coefficient (Wildman–Crippen LogP) is 0.536. The maximum atomic E-state index is 10.7. The van der Waals surface area contributed by atoms with Gasteiger partial charge in [-0.25, -0.2) is 0 Å². The molecule has 12 heavy (non-hydrogen) atoms. The van der Waals surface area contributed by atoms with Crippen molar-refractivity contribution in [3.63, 3.8) is 0 Å². The third-order valence-electron chi connectivity index (χ3n) is 1.03. The van der Waals surface area contributed by atoms with Crippen LogP contribution in [-0.2, 0) is 14.4 Å². The summed E-state index contributed by atoms with van der Waals surface area (Å²) in [5.41, 5.74) is 0. The van der Waals surface area contributed by atoms with Gasteiger partial charge in [-0.15, -0.1) is 10.1 Å². The van der Waals surface area contributed by atoms with E-state index in [1.165, 1.54) is 6.92 Å². The lowest BCUT2D eigenvalue weighted by Crippen LogP contribution is -2.19. The van der Waals surface area contributed by atoms with Gasteiger partial charge in [-0.3, -0.25) is 4.79 Å². The van der Waals surface area contributed by atoms with Crippen LogP contribution in [0.15, 0.2) is 0 Å². The Labute approximate surface area is 69.6 Å². The number of nitrogens with zero attached hydrogens (tertiary/aromatic N) is 1. The molecule has 0 aliphatic carbocycles. The summed E-state index contributed by atoms with van der Waals surface area (Å²) in [7, 11) is 0. The molecule has 0 rings (SSSR count). The third-order valence-corrected chi connectivity index (χ3v) is 1.03. The maximum absolute atomic E-state index is 10.7. The molecule has 0 radical (unpaired) electrons. The van der Waals surface area contributed by atoms with E-state index in [2.05, 4.69) is 9.57 Å². The van der Waals surface area contributed by atoms with E-state index >= 15 is 0 Å². The highest BCUT2D eigenvalue weighted by atomic mass is 17.0. The monoisotopic (exact) mass is 177 g/mol. The fourth-order valence-electron chi connectivity index (χ4n) is 0.639. The van der Waals surface area contributed by atoms with Crippen LogP contribution >= 0.6 is 0 Å². The average Bonchev–Trinajstić information content (AvgIpc) is 1.84. The van der Waals surface area contributed by atoms with E-state index in [9.17, 15) is 14.9 Å². The van der Waals surface area contributed by atoms with Crippen molar-refractivity contribution >= 4 is 5.97 Å². The summed E-state index contributed by atoms with van der Waals surface area (Å²) in [5, 5.41) is 8.85. The second kappa shape index (κ2) is 5.34. The Morgan fingerprint density at radius 2 is 2.25 bits per heavy atom. The highest BCUT2D eigenvalue weighted by Crippen LogP contribution is 1.98. The van der Waals surface area contributed by atoms with Gasteiger partial charge >= 0.3 is 5.97 Å². The van der Waals surface area contributed by atoms with Gasteiger partial charge in [0.05, 0.1) is 13.0 Å². The van der Waals surface area contributed by atoms with Crippen molar-refractivity contribution in [3.8, 4) is 0 Å². The van der Waals surface area contributed by atoms with Gasteiger partial charge in [0.25, 0.3) is 5.09 Å². The molecule has 6 heteroatoms. The minimum absolute atomic E-state index is 0.102. The summed E-state index contributed by atoms with van der Waals surface area (Å²) in [6, 6.07) is 0. The van der Waals surface area contributed by atoms with E-state index in [0.29, 0.717) is 0 Å². The van der Waals surface area contributed by atoms with Crippen molar-refractivity contribution < 1.29 is 19.5 Å². The molecule has 0 spiro atoms. The number of rotatable bonds is 5. The Morgan fingerprint density at radius 3 is 2.67 bits per heavy atom. The summed E-state index contributed by atoms with van der Waals surface area (Å²) in [4.78, 5) is 24.6. The topological polar surface area (TPSA) is 78.7 Å². The first-order chi connectivity index (χ1) is 5.56. The predicted molar refractivity (Wildman–Crippen MR) is 38.8 cm³/mol. The van der Waals surface area contributed by atoms with Gasteiger partial charge in [0.2, 0.25) is 0 Å². The summed E-state index contributed by atoms with van der Waals surface area (Å²) >= 11 is 0. The van der Waals surface area contributed by atoms with Crippen molar-refractivity contribution in [2.75, 3.05) is 6.61 Å². The van der Waals surface area contributed by atoms with E-state index in [4.69, 9.17) is 0 Å². The Kier molecular flexibility index (Phi) is 4.75. The van der Waals surface area contributed by atoms with E-state index in [1.807, 2.05) is 0 Å². The van der Waals surface area contributed by atoms with E-state index in [1.54, 1.807) is 6.92 Å². The average molecular weight is 177 g/mol. The van der Waals surface area contributed by atoms with Crippen molar-refractivity contribution in [1.82, 2.24) is 0 Å². The minimum Gasteiger partial charge on any atom is -0.466 e. The smallest absolute Gasteiger partial charge is 0.308 e. The first-order valence-electron chi connectivity index (χ1n) is 3.53. The fraction of sp³-hybridized carbons (Fsp3) is 0.833. The Bertz CT molecular complexity index is 169. The lowest BCUT2D eigenvalue weighted by atomic mass is 10.3. The lowest BCUT2D eigenvalue weighted by Gasteiger charge is -2.07. The van der Waals surface area contributed by atoms with Crippen LogP contribution < -0.4 is 0 Å². The molecule has 0 saturated carbocycles. The number of carbonyl (C=O) groups excluding carboxylic acids is 1. The van der Waals surface area contributed by atoms with Crippen LogP contribution in [0, 0.1) is 10.1 Å². The molecule has 0 aromatic carbocycles. The molecular weight excluding hydrogens is 166 g/mol. The Morgan fingerprint density at radius 1 is 1.67 bits per heavy atom. The van der Waals surface area contributed by atoms with Gasteiger partial charge < -0.3 is 9.57 Å². The highest BCUT2D eigenvalue weighted by Gasteiger charge is 2.12. The molecule has 6 nitrogen and oxygen atoms in total. The van der Waals surface area contributed by atoms with Crippen LogP contribution in [0.3, 0.4) is 0 Å². The fourth-order valence-corrected chi connectivity index (χ4v) is 0.639. The molecule has 0 saturated heterocycles. The normalized spacial score (nSPS) is 11.8. The van der Waals surface area contributed by atoms with E-state index in [-0.39, 0.29) is 13.0 Å². The molecule has 0 N–H and O–H groups in total. The molecule has 0 bridgehead atoms. The zero-order chi connectivity index (χ0) is 9.56. The van der Waals surface area contributed by atoms with Crippen LogP contribution in [0.25, 0.3) is 0 Å². The van der Waals surface area contributed by atoms with Crippen molar-refractivity contribution in [2.45, 2.75) is 26.4 Å².